The summed E-state index contributed by atoms with van der Waals surface area (Å²) in [7, 11) is 0. The molecule has 0 saturated heterocycles. The van der Waals surface area contributed by atoms with Crippen LogP contribution in [0.4, 0.5) is 5.69 Å². The number of nitrogens with two attached hydrogens (primary N) is 1. The molecule has 2 N–H and O–H groups in total. The van der Waals surface area contributed by atoms with Crippen LogP contribution < -0.4 is 5.73 Å². The molecule has 0 bridgehead atoms. The van der Waals surface area contributed by atoms with Gasteiger partial charge >= 0.3 is 0 Å². The fourth-order valence-corrected chi connectivity index (χ4v) is 2.74. The summed E-state index contributed by atoms with van der Waals surface area (Å²) in [6.07, 6.45) is 3.23. The quantitative estimate of drug-likeness (QED) is 0.525. The maximum atomic E-state index is 4.85. The van der Waals surface area contributed by atoms with Crippen LogP contribution in [-0.4, -0.2) is 12.8 Å². The summed E-state index contributed by atoms with van der Waals surface area (Å²) in [4.78, 5) is 5.98. The molecule has 0 aliphatic rings. The van der Waals surface area contributed by atoms with E-state index in [9.17, 15) is 0 Å². The van der Waals surface area contributed by atoms with Crippen molar-refractivity contribution in [2.45, 2.75) is 80.6 Å². The number of nitrogens with zero attached hydrogens (tertiary/aromatic N) is 1. The second kappa shape index (κ2) is 17.9. The van der Waals surface area contributed by atoms with E-state index in [-0.39, 0.29) is 0 Å². The molecular weight excluding hydrogens is 348 g/mol. The van der Waals surface area contributed by atoms with E-state index in [1.54, 1.807) is 11.3 Å². The third kappa shape index (κ3) is 11.8. The van der Waals surface area contributed by atoms with E-state index in [0.29, 0.717) is 11.8 Å². The average Bonchev–Trinajstić information content (AvgIpc) is 3.16. The first kappa shape index (κ1) is 27.8. The molecule has 0 fully saturated rings. The molecule has 0 atom stereocenters. The Hall–Kier alpha value is -1.45. The minimum absolute atomic E-state index is 0.495. The molecular formula is C24H42N2S. The Kier molecular flexibility index (Phi) is 18.4. The highest BCUT2D eigenvalue weighted by Crippen LogP contribution is 2.34. The SMILES string of the molecule is CC.CC(C)c1cccc(C(C)C)c1N=Cc1cccs1.CCC.CCN. The Morgan fingerprint density at radius 2 is 1.37 bits per heavy atom. The van der Waals surface area contributed by atoms with Gasteiger partial charge in [-0.05, 0) is 41.0 Å². The number of thiophene rings is 1. The Labute approximate surface area is 172 Å². The molecule has 0 radical (unpaired) electrons. The lowest BCUT2D eigenvalue weighted by Gasteiger charge is -2.16. The van der Waals surface area contributed by atoms with Crippen LogP contribution in [0.1, 0.15) is 96.6 Å². The van der Waals surface area contributed by atoms with Crippen LogP contribution >= 0.6 is 11.3 Å². The van der Waals surface area contributed by atoms with Crippen molar-refractivity contribution < 1.29 is 0 Å². The second-order valence-electron chi connectivity index (χ2n) is 6.48. The molecule has 27 heavy (non-hydrogen) atoms. The van der Waals surface area contributed by atoms with E-state index >= 15 is 0 Å². The lowest BCUT2D eigenvalue weighted by Crippen LogP contribution is -1.95. The van der Waals surface area contributed by atoms with E-state index < -0.39 is 0 Å². The van der Waals surface area contributed by atoms with Crippen molar-refractivity contribution in [3.8, 4) is 0 Å². The first-order valence-corrected chi connectivity index (χ1v) is 11.2. The van der Waals surface area contributed by atoms with Gasteiger partial charge in [0.2, 0.25) is 0 Å². The molecule has 0 saturated carbocycles. The fourth-order valence-electron chi connectivity index (χ4n) is 2.15. The number of aliphatic imine (C=N–C) groups is 1. The Morgan fingerprint density at radius 1 is 0.926 bits per heavy atom. The summed E-state index contributed by atoms with van der Waals surface area (Å²) in [6, 6.07) is 10.7. The zero-order chi connectivity index (χ0) is 21.2. The van der Waals surface area contributed by atoms with Crippen LogP contribution in [0, 0.1) is 0 Å². The predicted octanol–water partition coefficient (Wildman–Crippen LogP) is 8.15. The molecule has 0 aliphatic carbocycles. The Balaban J connectivity index is 0. The van der Waals surface area contributed by atoms with E-state index in [0.717, 1.165) is 12.2 Å². The lowest BCUT2D eigenvalue weighted by molar-refractivity contribution is 0.835. The van der Waals surface area contributed by atoms with Crippen LogP contribution in [0.25, 0.3) is 0 Å². The number of hydrogen-bond donors (Lipinski definition) is 1. The van der Waals surface area contributed by atoms with Crippen molar-refractivity contribution in [1.82, 2.24) is 0 Å². The zero-order valence-corrected chi connectivity index (χ0v) is 19.9. The average molecular weight is 391 g/mol. The maximum Gasteiger partial charge on any atom is 0.0699 e. The largest absolute Gasteiger partial charge is 0.331 e. The van der Waals surface area contributed by atoms with Gasteiger partial charge in [0.25, 0.3) is 0 Å². The Bertz CT molecular complexity index is 556. The number of para-hydroxylation sites is 1. The summed E-state index contributed by atoms with van der Waals surface area (Å²) in [5.41, 5.74) is 8.67. The van der Waals surface area contributed by atoms with Crippen molar-refractivity contribution in [2.24, 2.45) is 10.7 Å². The second-order valence-corrected chi connectivity index (χ2v) is 7.46. The normalized spacial score (nSPS) is 9.93. The van der Waals surface area contributed by atoms with Crippen molar-refractivity contribution in [1.29, 1.82) is 0 Å². The highest BCUT2D eigenvalue weighted by Gasteiger charge is 2.12. The molecule has 2 nitrogen and oxygen atoms in total. The van der Waals surface area contributed by atoms with Gasteiger partial charge in [-0.15, -0.1) is 11.3 Å². The molecule has 0 aliphatic heterocycles. The molecule has 1 aromatic carbocycles. The highest BCUT2D eigenvalue weighted by atomic mass is 32.1. The van der Waals surface area contributed by atoms with E-state index in [4.69, 9.17) is 10.7 Å². The van der Waals surface area contributed by atoms with Gasteiger partial charge in [0.15, 0.2) is 0 Å². The van der Waals surface area contributed by atoms with Crippen LogP contribution in [0.5, 0.6) is 0 Å². The molecule has 0 spiro atoms. The van der Waals surface area contributed by atoms with E-state index in [2.05, 4.69) is 77.3 Å². The van der Waals surface area contributed by atoms with Gasteiger partial charge in [-0.3, -0.25) is 4.99 Å². The summed E-state index contributed by atoms with van der Waals surface area (Å²) < 4.78 is 0. The van der Waals surface area contributed by atoms with Gasteiger partial charge in [-0.25, -0.2) is 0 Å². The predicted molar refractivity (Wildman–Crippen MR) is 128 cm³/mol. The van der Waals surface area contributed by atoms with Crippen LogP contribution in [0.2, 0.25) is 0 Å². The van der Waals surface area contributed by atoms with E-state index in [1.807, 2.05) is 27.0 Å². The summed E-state index contributed by atoms with van der Waals surface area (Å²) in [5.74, 6) is 0.989. The monoisotopic (exact) mass is 390 g/mol. The smallest absolute Gasteiger partial charge is 0.0699 e. The van der Waals surface area contributed by atoms with Crippen LogP contribution in [0.3, 0.4) is 0 Å². The third-order valence-corrected chi connectivity index (χ3v) is 4.01. The first-order chi connectivity index (χ1) is 12.9. The van der Waals surface area contributed by atoms with Gasteiger partial charge in [-0.2, -0.15) is 0 Å². The van der Waals surface area contributed by atoms with Crippen molar-refractivity contribution in [2.75, 3.05) is 6.54 Å². The maximum absolute atomic E-state index is 4.85. The van der Waals surface area contributed by atoms with Gasteiger partial charge in [0.05, 0.1) is 5.69 Å². The van der Waals surface area contributed by atoms with Gasteiger partial charge < -0.3 is 5.73 Å². The Morgan fingerprint density at radius 3 is 1.70 bits per heavy atom. The molecule has 2 rings (SSSR count). The molecule has 2 aromatic rings. The summed E-state index contributed by atoms with van der Waals surface area (Å²) in [6.45, 7) is 19.8. The summed E-state index contributed by atoms with van der Waals surface area (Å²) in [5, 5.41) is 2.08. The summed E-state index contributed by atoms with van der Waals surface area (Å²) >= 11 is 1.72. The lowest BCUT2D eigenvalue weighted by atomic mass is 9.93. The fraction of sp³-hybridized carbons (Fsp3) is 0.542. The van der Waals surface area contributed by atoms with Crippen molar-refractivity contribution in [3.63, 3.8) is 0 Å². The molecule has 0 amide bonds. The standard InChI is InChI=1S/C17H21NS.C3H8.C2H7N.C2H6/c1-12(2)15-8-5-9-16(13(3)4)17(15)18-11-14-7-6-10-19-14;1-3-2;1-2-3;1-2/h5-13H,1-4H3;3H2,1-2H3;2-3H2,1H3;1-2H3. The topological polar surface area (TPSA) is 38.4 Å². The van der Waals surface area contributed by atoms with Crippen molar-refractivity contribution >= 4 is 23.2 Å². The minimum atomic E-state index is 0.495. The van der Waals surface area contributed by atoms with Gasteiger partial charge in [0.1, 0.15) is 0 Å². The molecule has 1 aromatic heterocycles. The first-order valence-electron chi connectivity index (χ1n) is 10.3. The van der Waals surface area contributed by atoms with Crippen LogP contribution in [0.15, 0.2) is 40.7 Å². The van der Waals surface area contributed by atoms with Gasteiger partial charge in [-0.1, -0.05) is 93.0 Å². The van der Waals surface area contributed by atoms with Gasteiger partial charge in [0, 0.05) is 11.1 Å². The number of hydrogen-bond acceptors (Lipinski definition) is 3. The number of rotatable bonds is 4. The minimum Gasteiger partial charge on any atom is -0.331 e. The third-order valence-electron chi connectivity index (χ3n) is 3.21. The van der Waals surface area contributed by atoms with Crippen molar-refractivity contribution in [3.05, 3.63) is 51.7 Å². The molecule has 154 valence electrons. The highest BCUT2D eigenvalue weighted by molar-refractivity contribution is 7.11. The molecule has 0 unspecified atom stereocenters. The zero-order valence-electron chi connectivity index (χ0n) is 19.0. The molecule has 3 heteroatoms. The van der Waals surface area contributed by atoms with E-state index in [1.165, 1.54) is 22.4 Å². The van der Waals surface area contributed by atoms with Crippen LogP contribution in [-0.2, 0) is 0 Å². The number of benzene rings is 1. The molecule has 1 heterocycles.